The monoisotopic (exact) mass is 276 g/mol. The zero-order valence-corrected chi connectivity index (χ0v) is 10.6. The molecule has 0 aliphatic carbocycles. The van der Waals surface area contributed by atoms with Gasteiger partial charge in [-0.2, -0.15) is 5.26 Å². The smallest absolute Gasteiger partial charge is 0.342 e. The van der Waals surface area contributed by atoms with Crippen LogP contribution in [0.25, 0.3) is 0 Å². The summed E-state index contributed by atoms with van der Waals surface area (Å²) in [6.07, 6.45) is 0. The second-order valence-electron chi connectivity index (χ2n) is 3.87. The molecule has 0 saturated heterocycles. The Morgan fingerprint density at radius 2 is 2.05 bits per heavy atom. The minimum absolute atomic E-state index is 0.0287. The molecule has 4 N–H and O–H groups in total. The Hall–Kier alpha value is -3.01. The first-order chi connectivity index (χ1) is 9.36. The highest BCUT2D eigenvalue weighted by Crippen LogP contribution is 2.23. The van der Waals surface area contributed by atoms with Gasteiger partial charge in [-0.3, -0.25) is 4.79 Å². The van der Waals surface area contributed by atoms with E-state index in [9.17, 15) is 14.7 Å². The third-order valence-corrected chi connectivity index (χ3v) is 2.32. The van der Waals surface area contributed by atoms with E-state index in [-0.39, 0.29) is 22.6 Å². The zero-order valence-electron chi connectivity index (χ0n) is 10.6. The topological polar surface area (TPSA) is 134 Å². The molecule has 1 rings (SSSR count). The van der Waals surface area contributed by atoms with E-state index in [2.05, 4.69) is 4.74 Å². The van der Waals surface area contributed by atoms with Gasteiger partial charge in [0.25, 0.3) is 0 Å². The Kier molecular flexibility index (Phi) is 4.70. The number of nitrogens with zero attached hydrogens (tertiary/aromatic N) is 1. The summed E-state index contributed by atoms with van der Waals surface area (Å²) in [6.45, 7) is 0.709. The molecule has 0 heterocycles. The van der Waals surface area contributed by atoms with Gasteiger partial charge in [-0.25, -0.2) is 4.79 Å². The lowest BCUT2D eigenvalue weighted by Gasteiger charge is -2.06. The summed E-state index contributed by atoms with van der Waals surface area (Å²) in [5.74, 6) is -2.39. The number of nitriles is 1. The van der Waals surface area contributed by atoms with Crippen molar-refractivity contribution in [3.8, 4) is 17.6 Å². The van der Waals surface area contributed by atoms with Gasteiger partial charge in [-0.1, -0.05) is 0 Å². The van der Waals surface area contributed by atoms with Crippen LogP contribution >= 0.6 is 0 Å². The van der Waals surface area contributed by atoms with E-state index in [4.69, 9.17) is 16.1 Å². The zero-order chi connectivity index (χ0) is 15.3. The number of ether oxygens (including phenoxy) is 1. The van der Waals surface area contributed by atoms with Gasteiger partial charge >= 0.3 is 5.97 Å². The third kappa shape index (κ3) is 3.49. The average Bonchev–Trinajstić information content (AvgIpc) is 2.36. The van der Waals surface area contributed by atoms with Crippen LogP contribution in [0.15, 0.2) is 29.5 Å². The SMILES string of the molecule is C/C(N)=C(\C#N)C(=O)COC(=O)c1ccc(O)cc1O. The average molecular weight is 276 g/mol. The molecule has 20 heavy (non-hydrogen) atoms. The summed E-state index contributed by atoms with van der Waals surface area (Å²) < 4.78 is 4.67. The number of benzene rings is 1. The molecule has 0 bridgehead atoms. The van der Waals surface area contributed by atoms with Crippen molar-refractivity contribution in [2.75, 3.05) is 6.61 Å². The van der Waals surface area contributed by atoms with Crippen LogP contribution in [0.2, 0.25) is 0 Å². The first-order valence-corrected chi connectivity index (χ1v) is 5.45. The van der Waals surface area contributed by atoms with E-state index >= 15 is 0 Å². The maximum atomic E-state index is 11.6. The quantitative estimate of drug-likeness (QED) is 0.416. The number of aromatic hydroxyl groups is 2. The first-order valence-electron chi connectivity index (χ1n) is 5.45. The third-order valence-electron chi connectivity index (χ3n) is 2.32. The number of esters is 1. The van der Waals surface area contributed by atoms with Crippen LogP contribution in [-0.4, -0.2) is 28.6 Å². The van der Waals surface area contributed by atoms with E-state index in [0.29, 0.717) is 0 Å². The van der Waals surface area contributed by atoms with Crippen LogP contribution in [0.5, 0.6) is 11.5 Å². The predicted octanol–water partition coefficient (Wildman–Crippen LogP) is 0.580. The van der Waals surface area contributed by atoms with Crippen molar-refractivity contribution >= 4 is 11.8 Å². The van der Waals surface area contributed by atoms with Crippen LogP contribution in [0.1, 0.15) is 17.3 Å². The van der Waals surface area contributed by atoms with E-state index in [1.165, 1.54) is 13.0 Å². The molecule has 0 aliphatic rings. The van der Waals surface area contributed by atoms with Crippen molar-refractivity contribution in [3.63, 3.8) is 0 Å². The molecule has 104 valence electrons. The molecule has 7 heteroatoms. The second kappa shape index (κ2) is 6.24. The number of carbonyl (C=O) groups excluding carboxylic acids is 2. The highest BCUT2D eigenvalue weighted by atomic mass is 16.5. The van der Waals surface area contributed by atoms with Crippen molar-refractivity contribution < 1.29 is 24.5 Å². The van der Waals surface area contributed by atoms with Gasteiger partial charge in [0.15, 0.2) is 6.61 Å². The number of hydrogen-bond donors (Lipinski definition) is 3. The molecule has 0 aromatic heterocycles. The van der Waals surface area contributed by atoms with E-state index in [1.807, 2.05) is 0 Å². The Labute approximate surface area is 114 Å². The molecule has 0 amide bonds. The minimum Gasteiger partial charge on any atom is -0.508 e. The summed E-state index contributed by atoms with van der Waals surface area (Å²) in [5.41, 5.74) is 4.87. The molecule has 0 spiro atoms. The number of carbonyl (C=O) groups is 2. The van der Waals surface area contributed by atoms with Gasteiger partial charge in [0.2, 0.25) is 5.78 Å². The number of ketones is 1. The molecule has 0 atom stereocenters. The molecule has 0 saturated carbocycles. The molecule has 1 aromatic rings. The van der Waals surface area contributed by atoms with Crippen molar-refractivity contribution in [1.82, 2.24) is 0 Å². The van der Waals surface area contributed by atoms with Crippen LogP contribution in [-0.2, 0) is 9.53 Å². The van der Waals surface area contributed by atoms with Crippen LogP contribution in [0.4, 0.5) is 0 Å². The Bertz CT molecular complexity index is 624. The highest BCUT2D eigenvalue weighted by molar-refractivity contribution is 6.02. The molecule has 7 nitrogen and oxygen atoms in total. The van der Waals surface area contributed by atoms with Crippen molar-refractivity contribution in [3.05, 3.63) is 35.0 Å². The fourth-order valence-corrected chi connectivity index (χ4v) is 1.34. The van der Waals surface area contributed by atoms with Gasteiger partial charge in [0, 0.05) is 11.8 Å². The maximum Gasteiger partial charge on any atom is 0.342 e. The van der Waals surface area contributed by atoms with Gasteiger partial charge in [0.1, 0.15) is 28.7 Å². The number of phenols is 2. The summed E-state index contributed by atoms with van der Waals surface area (Å²) in [6, 6.07) is 4.91. The molecular weight excluding hydrogens is 264 g/mol. The standard InChI is InChI=1S/C13H12N2O5/c1-7(15)10(5-14)12(18)6-20-13(19)9-3-2-8(16)4-11(9)17/h2-4,16-17H,6,15H2,1H3/b10-7-. The number of rotatable bonds is 4. The second-order valence-corrected chi connectivity index (χ2v) is 3.87. The number of hydrogen-bond acceptors (Lipinski definition) is 7. The Morgan fingerprint density at radius 1 is 1.40 bits per heavy atom. The van der Waals surface area contributed by atoms with Gasteiger partial charge in [-0.05, 0) is 19.1 Å². The minimum atomic E-state index is -0.956. The molecule has 1 aromatic carbocycles. The van der Waals surface area contributed by atoms with E-state index in [0.717, 1.165) is 12.1 Å². The molecule has 0 radical (unpaired) electrons. The van der Waals surface area contributed by atoms with Crippen molar-refractivity contribution in [2.24, 2.45) is 5.73 Å². The number of Topliss-reactive ketones (excluding diaryl/α,β-unsaturated/α-hetero) is 1. The normalized spacial score (nSPS) is 11.2. The first kappa shape index (κ1) is 15.0. The number of allylic oxidation sites excluding steroid dienone is 1. The lowest BCUT2D eigenvalue weighted by molar-refractivity contribution is -0.118. The summed E-state index contributed by atoms with van der Waals surface area (Å²) in [5, 5.41) is 27.2. The van der Waals surface area contributed by atoms with E-state index < -0.39 is 24.1 Å². The van der Waals surface area contributed by atoms with E-state index in [1.54, 1.807) is 6.07 Å². The van der Waals surface area contributed by atoms with Gasteiger partial charge in [0.05, 0.1) is 0 Å². The fourth-order valence-electron chi connectivity index (χ4n) is 1.34. The number of nitrogens with two attached hydrogens (primary N) is 1. The summed E-state index contributed by atoms with van der Waals surface area (Å²) in [7, 11) is 0. The highest BCUT2D eigenvalue weighted by Gasteiger charge is 2.17. The molecular formula is C13H12N2O5. The Balaban J connectivity index is 2.76. The van der Waals surface area contributed by atoms with Gasteiger partial charge < -0.3 is 20.7 Å². The summed E-state index contributed by atoms with van der Waals surface area (Å²) in [4.78, 5) is 23.2. The predicted molar refractivity (Wildman–Crippen MR) is 67.6 cm³/mol. The van der Waals surface area contributed by atoms with Crippen LogP contribution in [0, 0.1) is 11.3 Å². The molecule has 0 unspecified atom stereocenters. The van der Waals surface area contributed by atoms with Gasteiger partial charge in [-0.15, -0.1) is 0 Å². The molecule has 0 aliphatic heterocycles. The molecule has 0 fully saturated rings. The lowest BCUT2D eigenvalue weighted by atomic mass is 10.1. The van der Waals surface area contributed by atoms with Crippen molar-refractivity contribution in [2.45, 2.75) is 6.92 Å². The van der Waals surface area contributed by atoms with Crippen LogP contribution < -0.4 is 5.73 Å². The summed E-state index contributed by atoms with van der Waals surface area (Å²) >= 11 is 0. The lowest BCUT2D eigenvalue weighted by Crippen LogP contribution is -2.17. The van der Waals surface area contributed by atoms with Crippen LogP contribution in [0.3, 0.4) is 0 Å². The van der Waals surface area contributed by atoms with Crippen molar-refractivity contribution in [1.29, 1.82) is 5.26 Å². The fraction of sp³-hybridized carbons (Fsp3) is 0.154. The maximum absolute atomic E-state index is 11.6. The largest absolute Gasteiger partial charge is 0.508 e. The Morgan fingerprint density at radius 3 is 2.55 bits per heavy atom. The number of phenolic OH excluding ortho intramolecular Hbond substituents is 2.